The van der Waals surface area contributed by atoms with E-state index in [2.05, 4.69) is 22.4 Å². The van der Waals surface area contributed by atoms with Crippen molar-refractivity contribution in [3.8, 4) is 0 Å². The molecule has 1 aromatic carbocycles. The van der Waals surface area contributed by atoms with Gasteiger partial charge in [0.2, 0.25) is 5.89 Å². The van der Waals surface area contributed by atoms with Crippen molar-refractivity contribution in [1.82, 2.24) is 15.5 Å². The highest BCUT2D eigenvalue weighted by molar-refractivity contribution is 7.98. The van der Waals surface area contributed by atoms with Crippen molar-refractivity contribution in [3.05, 3.63) is 41.0 Å². The molecule has 0 radical (unpaired) electrons. The van der Waals surface area contributed by atoms with Crippen LogP contribution < -0.4 is 5.32 Å². The van der Waals surface area contributed by atoms with Crippen LogP contribution in [0, 0.1) is 0 Å². The van der Waals surface area contributed by atoms with Gasteiger partial charge >= 0.3 is 0 Å². The predicted octanol–water partition coefficient (Wildman–Crippen LogP) is 3.56. The van der Waals surface area contributed by atoms with Gasteiger partial charge in [-0.2, -0.15) is 4.98 Å². The third-order valence-corrected chi connectivity index (χ3v) is 4.54. The van der Waals surface area contributed by atoms with Crippen molar-refractivity contribution in [2.75, 3.05) is 7.05 Å². The fraction of sp³-hybridized carbons (Fsp3) is 0.429. The standard InChI is InChI=1S/C14H18ClN3OS/c1-3-10(16-2)8-14-17-13(18-19-14)9-20-12-7-5-4-6-11(12)15/h4-7,10,16H,3,8-9H2,1-2H3. The number of hydrogen-bond acceptors (Lipinski definition) is 5. The summed E-state index contributed by atoms with van der Waals surface area (Å²) in [5.41, 5.74) is 0. The molecule has 1 heterocycles. The lowest BCUT2D eigenvalue weighted by Gasteiger charge is -2.09. The molecule has 108 valence electrons. The Hall–Kier alpha value is -1.04. The van der Waals surface area contributed by atoms with E-state index in [1.165, 1.54) is 0 Å². The van der Waals surface area contributed by atoms with Gasteiger partial charge in [0.15, 0.2) is 5.82 Å². The Morgan fingerprint density at radius 3 is 2.90 bits per heavy atom. The van der Waals surface area contributed by atoms with E-state index in [1.54, 1.807) is 11.8 Å². The van der Waals surface area contributed by atoms with E-state index < -0.39 is 0 Å². The van der Waals surface area contributed by atoms with Crippen LogP contribution in [0.2, 0.25) is 5.02 Å². The molecule has 0 aliphatic heterocycles. The number of aromatic nitrogens is 2. The maximum absolute atomic E-state index is 6.11. The van der Waals surface area contributed by atoms with Gasteiger partial charge in [0.25, 0.3) is 0 Å². The molecule has 0 saturated carbocycles. The lowest BCUT2D eigenvalue weighted by atomic mass is 10.1. The highest BCUT2D eigenvalue weighted by atomic mass is 35.5. The van der Waals surface area contributed by atoms with Crippen LogP contribution in [0.1, 0.15) is 25.1 Å². The van der Waals surface area contributed by atoms with E-state index in [0.29, 0.717) is 23.5 Å². The van der Waals surface area contributed by atoms with E-state index >= 15 is 0 Å². The summed E-state index contributed by atoms with van der Waals surface area (Å²) < 4.78 is 5.27. The van der Waals surface area contributed by atoms with Crippen LogP contribution in [0.25, 0.3) is 0 Å². The first-order valence-corrected chi connectivity index (χ1v) is 7.95. The molecular formula is C14H18ClN3OS. The van der Waals surface area contributed by atoms with Gasteiger partial charge in [0.1, 0.15) is 0 Å². The summed E-state index contributed by atoms with van der Waals surface area (Å²) >= 11 is 7.72. The van der Waals surface area contributed by atoms with Gasteiger partial charge < -0.3 is 9.84 Å². The number of halogens is 1. The first kappa shape index (κ1) is 15.4. The fourth-order valence-corrected chi connectivity index (χ4v) is 2.88. The van der Waals surface area contributed by atoms with E-state index in [9.17, 15) is 0 Å². The largest absolute Gasteiger partial charge is 0.339 e. The van der Waals surface area contributed by atoms with Crippen molar-refractivity contribution >= 4 is 23.4 Å². The number of nitrogens with zero attached hydrogens (tertiary/aromatic N) is 2. The van der Waals surface area contributed by atoms with Gasteiger partial charge in [-0.25, -0.2) is 0 Å². The second-order valence-electron chi connectivity index (χ2n) is 4.42. The van der Waals surface area contributed by atoms with E-state index in [-0.39, 0.29) is 0 Å². The average Bonchev–Trinajstić information content (AvgIpc) is 2.91. The van der Waals surface area contributed by atoms with Crippen LogP contribution >= 0.6 is 23.4 Å². The molecule has 1 aromatic heterocycles. The number of hydrogen-bond donors (Lipinski definition) is 1. The lowest BCUT2D eigenvalue weighted by molar-refractivity contribution is 0.356. The summed E-state index contributed by atoms with van der Waals surface area (Å²) in [6.45, 7) is 2.13. The first-order valence-electron chi connectivity index (χ1n) is 6.59. The quantitative estimate of drug-likeness (QED) is 0.792. The van der Waals surface area contributed by atoms with E-state index in [0.717, 1.165) is 22.8 Å². The number of rotatable bonds is 7. The molecule has 0 aliphatic rings. The first-order chi connectivity index (χ1) is 9.72. The molecule has 20 heavy (non-hydrogen) atoms. The second-order valence-corrected chi connectivity index (χ2v) is 5.85. The van der Waals surface area contributed by atoms with Crippen LogP contribution in [-0.4, -0.2) is 23.2 Å². The zero-order valence-corrected chi connectivity index (χ0v) is 13.2. The van der Waals surface area contributed by atoms with Crippen LogP contribution in [-0.2, 0) is 12.2 Å². The van der Waals surface area contributed by atoms with Gasteiger partial charge in [-0.3, -0.25) is 0 Å². The maximum atomic E-state index is 6.11. The molecule has 2 aromatic rings. The van der Waals surface area contributed by atoms with Crippen LogP contribution in [0.15, 0.2) is 33.7 Å². The molecule has 0 spiro atoms. The summed E-state index contributed by atoms with van der Waals surface area (Å²) in [6.07, 6.45) is 1.79. The molecule has 1 N–H and O–H groups in total. The molecule has 0 bridgehead atoms. The molecule has 6 heteroatoms. The minimum atomic E-state index is 0.375. The van der Waals surface area contributed by atoms with Crippen molar-refractivity contribution in [1.29, 1.82) is 0 Å². The molecule has 0 amide bonds. The summed E-state index contributed by atoms with van der Waals surface area (Å²) in [5, 5.41) is 7.98. The monoisotopic (exact) mass is 311 g/mol. The van der Waals surface area contributed by atoms with Crippen molar-refractivity contribution in [3.63, 3.8) is 0 Å². The summed E-state index contributed by atoms with van der Waals surface area (Å²) in [5.74, 6) is 2.04. The maximum Gasteiger partial charge on any atom is 0.228 e. The molecular weight excluding hydrogens is 294 g/mol. The Morgan fingerprint density at radius 1 is 1.40 bits per heavy atom. The Bertz CT molecular complexity index is 543. The van der Waals surface area contributed by atoms with Gasteiger partial charge in [-0.1, -0.05) is 35.8 Å². The Kier molecular flexibility index (Phi) is 5.88. The van der Waals surface area contributed by atoms with Crippen LogP contribution in [0.5, 0.6) is 0 Å². The molecule has 2 rings (SSSR count). The SMILES string of the molecule is CCC(Cc1nc(CSc2ccccc2Cl)no1)NC. The molecule has 0 fully saturated rings. The van der Waals surface area contributed by atoms with Gasteiger partial charge in [0, 0.05) is 17.4 Å². The topological polar surface area (TPSA) is 51.0 Å². The number of likely N-dealkylation sites (N-methyl/N-ethyl adjacent to an activating group) is 1. The Balaban J connectivity index is 1.91. The zero-order valence-electron chi connectivity index (χ0n) is 11.6. The smallest absolute Gasteiger partial charge is 0.228 e. The second kappa shape index (κ2) is 7.67. The Labute approximate surface area is 128 Å². The Morgan fingerprint density at radius 2 is 2.20 bits per heavy atom. The van der Waals surface area contributed by atoms with Crippen LogP contribution in [0.3, 0.4) is 0 Å². The van der Waals surface area contributed by atoms with Gasteiger partial charge in [-0.15, -0.1) is 11.8 Å². The van der Waals surface area contributed by atoms with Crippen molar-refractivity contribution in [2.24, 2.45) is 0 Å². The predicted molar refractivity (Wildman–Crippen MR) is 82.2 cm³/mol. The summed E-state index contributed by atoms with van der Waals surface area (Å²) in [7, 11) is 1.94. The van der Waals surface area contributed by atoms with Crippen molar-refractivity contribution < 1.29 is 4.52 Å². The molecule has 1 unspecified atom stereocenters. The highest BCUT2D eigenvalue weighted by Crippen LogP contribution is 2.28. The minimum absolute atomic E-state index is 0.375. The lowest BCUT2D eigenvalue weighted by Crippen LogP contribution is -2.26. The number of thioether (sulfide) groups is 1. The number of benzene rings is 1. The van der Waals surface area contributed by atoms with E-state index in [1.807, 2.05) is 31.3 Å². The van der Waals surface area contributed by atoms with E-state index in [4.69, 9.17) is 16.1 Å². The van der Waals surface area contributed by atoms with Crippen LogP contribution in [0.4, 0.5) is 0 Å². The zero-order chi connectivity index (χ0) is 14.4. The molecule has 4 nitrogen and oxygen atoms in total. The minimum Gasteiger partial charge on any atom is -0.339 e. The van der Waals surface area contributed by atoms with Gasteiger partial charge in [-0.05, 0) is 25.6 Å². The average molecular weight is 312 g/mol. The van der Waals surface area contributed by atoms with Gasteiger partial charge in [0.05, 0.1) is 10.8 Å². The normalized spacial score (nSPS) is 12.6. The highest BCUT2D eigenvalue weighted by Gasteiger charge is 2.12. The number of nitrogens with one attached hydrogen (secondary N) is 1. The summed E-state index contributed by atoms with van der Waals surface area (Å²) in [6, 6.07) is 8.13. The molecule has 0 saturated heterocycles. The fourth-order valence-electron chi connectivity index (χ4n) is 1.80. The molecule has 1 atom stereocenters. The van der Waals surface area contributed by atoms with Crippen molar-refractivity contribution in [2.45, 2.75) is 36.5 Å². The summed E-state index contributed by atoms with van der Waals surface area (Å²) in [4.78, 5) is 5.44. The third-order valence-electron chi connectivity index (χ3n) is 3.03. The molecule has 0 aliphatic carbocycles. The third kappa shape index (κ3) is 4.23.